The second-order valence-electron chi connectivity index (χ2n) is 9.44. The number of rotatable bonds is 4. The van der Waals surface area contributed by atoms with Crippen LogP contribution in [0.1, 0.15) is 34.0 Å². The number of aromatic amines is 1. The van der Waals surface area contributed by atoms with Crippen molar-refractivity contribution in [2.75, 3.05) is 13.7 Å². The average molecular weight is 466 g/mol. The third-order valence-electron chi connectivity index (χ3n) is 7.25. The minimum absolute atomic E-state index is 0.00555. The van der Waals surface area contributed by atoms with E-state index in [1.54, 1.807) is 16.9 Å². The number of benzene rings is 3. The van der Waals surface area contributed by atoms with Crippen LogP contribution < -0.4 is 4.74 Å². The molecule has 0 bridgehead atoms. The smallest absolute Gasteiger partial charge is 0.246 e. The van der Waals surface area contributed by atoms with E-state index in [1.807, 2.05) is 73.7 Å². The molecule has 0 unspecified atom stereocenters. The van der Waals surface area contributed by atoms with E-state index in [2.05, 4.69) is 11.1 Å². The molecule has 6 nitrogen and oxygen atoms in total. The molecule has 0 aliphatic carbocycles. The maximum Gasteiger partial charge on any atom is 0.246 e. The predicted octanol–water partition coefficient (Wildman–Crippen LogP) is 4.37. The maximum absolute atomic E-state index is 13.8. The van der Waals surface area contributed by atoms with E-state index >= 15 is 0 Å². The van der Waals surface area contributed by atoms with Crippen LogP contribution in [0.15, 0.2) is 72.8 Å². The Hall–Kier alpha value is -4.06. The zero-order valence-corrected chi connectivity index (χ0v) is 19.8. The highest BCUT2D eigenvalue weighted by molar-refractivity contribution is 5.97. The molecule has 0 spiro atoms. The molecule has 3 heterocycles. The summed E-state index contributed by atoms with van der Waals surface area (Å²) in [5.41, 5.74) is 6.22. The summed E-state index contributed by atoms with van der Waals surface area (Å²) in [4.78, 5) is 34.6. The van der Waals surface area contributed by atoms with E-state index in [1.165, 1.54) is 5.56 Å². The van der Waals surface area contributed by atoms with Gasteiger partial charge in [0.05, 0.1) is 13.2 Å². The molecule has 1 saturated heterocycles. The van der Waals surface area contributed by atoms with Crippen LogP contribution in [0.3, 0.4) is 0 Å². The molecule has 6 heteroatoms. The number of nitrogens with zero attached hydrogens (tertiary/aromatic N) is 2. The lowest BCUT2D eigenvalue weighted by Gasteiger charge is -2.47. The van der Waals surface area contributed by atoms with Crippen LogP contribution in [0, 0.1) is 6.92 Å². The molecule has 2 atom stereocenters. The number of para-hydroxylation sites is 1. The summed E-state index contributed by atoms with van der Waals surface area (Å²) in [5, 5.41) is 1.10. The van der Waals surface area contributed by atoms with Crippen LogP contribution in [0.2, 0.25) is 0 Å². The normalized spacial score (nSPS) is 19.6. The van der Waals surface area contributed by atoms with Crippen molar-refractivity contribution in [1.82, 2.24) is 14.8 Å². The Bertz CT molecular complexity index is 1440. The van der Waals surface area contributed by atoms with Gasteiger partial charge < -0.3 is 19.5 Å². The van der Waals surface area contributed by atoms with E-state index in [0.29, 0.717) is 13.0 Å². The standard InChI is InChI=1S/C29H27N3O3/c1-18-10-12-19(13-11-18)16-31-17-26(33)32-25(29(31)34)15-23-22-8-3-4-9-24(22)30-27(23)28(32)20-6-5-7-21(14-20)35-2/h3-14,25,28,30H,15-17H2,1-2H3/t25-,28+/m0/s1. The first-order valence-electron chi connectivity index (χ1n) is 11.9. The fourth-order valence-corrected chi connectivity index (χ4v) is 5.53. The molecule has 2 amide bonds. The van der Waals surface area contributed by atoms with Crippen molar-refractivity contribution in [2.24, 2.45) is 0 Å². The maximum atomic E-state index is 13.8. The Morgan fingerprint density at radius 1 is 1.00 bits per heavy atom. The van der Waals surface area contributed by atoms with E-state index in [9.17, 15) is 9.59 Å². The summed E-state index contributed by atoms with van der Waals surface area (Å²) < 4.78 is 5.48. The van der Waals surface area contributed by atoms with Crippen LogP contribution >= 0.6 is 0 Å². The number of carbonyl (C=O) groups excluding carboxylic acids is 2. The number of nitrogens with one attached hydrogen (secondary N) is 1. The van der Waals surface area contributed by atoms with E-state index in [0.717, 1.165) is 39.0 Å². The SMILES string of the molecule is COc1cccc([C@@H]2c3[nH]c4ccccc4c3C[C@H]3C(=O)N(Cc4ccc(C)cc4)CC(=O)N23)c1. The lowest BCUT2D eigenvalue weighted by Crippen LogP contribution is -2.62. The van der Waals surface area contributed by atoms with Crippen molar-refractivity contribution >= 4 is 22.7 Å². The number of fused-ring (bicyclic) bond motifs is 4. The van der Waals surface area contributed by atoms with Gasteiger partial charge in [0.2, 0.25) is 11.8 Å². The molecule has 1 N–H and O–H groups in total. The quantitative estimate of drug-likeness (QED) is 0.487. The molecule has 2 aliphatic rings. The van der Waals surface area contributed by atoms with Gasteiger partial charge in [0.15, 0.2) is 0 Å². The molecule has 35 heavy (non-hydrogen) atoms. The van der Waals surface area contributed by atoms with Gasteiger partial charge in [0.1, 0.15) is 18.3 Å². The number of hydrogen-bond acceptors (Lipinski definition) is 3. The van der Waals surface area contributed by atoms with E-state index in [4.69, 9.17) is 4.74 Å². The topological polar surface area (TPSA) is 65.6 Å². The monoisotopic (exact) mass is 465 g/mol. The van der Waals surface area contributed by atoms with Crippen LogP contribution in [0.4, 0.5) is 0 Å². The van der Waals surface area contributed by atoms with Gasteiger partial charge in [0.25, 0.3) is 0 Å². The molecule has 6 rings (SSSR count). The molecule has 1 aromatic heterocycles. The van der Waals surface area contributed by atoms with Crippen molar-refractivity contribution in [3.63, 3.8) is 0 Å². The third-order valence-corrected chi connectivity index (χ3v) is 7.25. The number of aromatic nitrogens is 1. The van der Waals surface area contributed by atoms with Gasteiger partial charge in [-0.2, -0.15) is 0 Å². The van der Waals surface area contributed by atoms with Crippen LogP contribution in [-0.4, -0.2) is 46.3 Å². The van der Waals surface area contributed by atoms with Crippen molar-refractivity contribution in [3.05, 3.63) is 101 Å². The minimum Gasteiger partial charge on any atom is -0.497 e. The summed E-state index contributed by atoms with van der Waals surface area (Å²) in [6.07, 6.45) is 0.495. The number of aryl methyl sites for hydroxylation is 1. The summed E-state index contributed by atoms with van der Waals surface area (Å²) in [6.45, 7) is 2.54. The third kappa shape index (κ3) is 3.57. The Morgan fingerprint density at radius 2 is 1.80 bits per heavy atom. The predicted molar refractivity (Wildman–Crippen MR) is 134 cm³/mol. The number of piperazine rings is 1. The second-order valence-corrected chi connectivity index (χ2v) is 9.44. The van der Waals surface area contributed by atoms with Crippen molar-refractivity contribution in [3.8, 4) is 5.75 Å². The lowest BCUT2D eigenvalue weighted by molar-refractivity contribution is -0.159. The molecule has 2 aliphatic heterocycles. The Labute approximate surface area is 204 Å². The number of ether oxygens (including phenoxy) is 1. The molecule has 0 radical (unpaired) electrons. The summed E-state index contributed by atoms with van der Waals surface area (Å²) in [5.74, 6) is 0.673. The summed E-state index contributed by atoms with van der Waals surface area (Å²) in [6, 6.07) is 23.1. The van der Waals surface area contributed by atoms with Crippen LogP contribution in [-0.2, 0) is 22.6 Å². The molecular weight excluding hydrogens is 438 g/mol. The molecule has 3 aromatic carbocycles. The number of hydrogen-bond donors (Lipinski definition) is 1. The Morgan fingerprint density at radius 3 is 2.60 bits per heavy atom. The van der Waals surface area contributed by atoms with Gasteiger partial charge >= 0.3 is 0 Å². The largest absolute Gasteiger partial charge is 0.497 e. The lowest BCUT2D eigenvalue weighted by atomic mass is 9.86. The Kier molecular flexibility index (Phi) is 5.10. The number of carbonyl (C=O) groups is 2. The van der Waals surface area contributed by atoms with Gasteiger partial charge in [0, 0.05) is 29.6 Å². The summed E-state index contributed by atoms with van der Waals surface area (Å²) >= 11 is 0. The average Bonchev–Trinajstić information content (AvgIpc) is 3.25. The number of methoxy groups -OCH3 is 1. The molecule has 176 valence electrons. The van der Waals surface area contributed by atoms with Crippen molar-refractivity contribution < 1.29 is 14.3 Å². The van der Waals surface area contributed by atoms with Gasteiger partial charge in [-0.3, -0.25) is 9.59 Å². The first-order valence-corrected chi connectivity index (χ1v) is 11.9. The van der Waals surface area contributed by atoms with Crippen LogP contribution in [0.5, 0.6) is 5.75 Å². The fraction of sp³-hybridized carbons (Fsp3) is 0.241. The zero-order chi connectivity index (χ0) is 24.1. The highest BCUT2D eigenvalue weighted by Crippen LogP contribution is 2.43. The first-order chi connectivity index (χ1) is 17.0. The summed E-state index contributed by atoms with van der Waals surface area (Å²) in [7, 11) is 1.63. The van der Waals surface area contributed by atoms with Gasteiger partial charge in [-0.05, 0) is 41.8 Å². The number of amides is 2. The minimum atomic E-state index is -0.551. The molecule has 0 saturated carbocycles. The zero-order valence-electron chi connectivity index (χ0n) is 19.8. The van der Waals surface area contributed by atoms with Crippen molar-refractivity contribution in [2.45, 2.75) is 32.0 Å². The van der Waals surface area contributed by atoms with Gasteiger partial charge in [-0.1, -0.05) is 60.2 Å². The highest BCUT2D eigenvalue weighted by Gasteiger charge is 2.48. The molecule has 1 fully saturated rings. The van der Waals surface area contributed by atoms with Gasteiger partial charge in [-0.15, -0.1) is 0 Å². The van der Waals surface area contributed by atoms with E-state index in [-0.39, 0.29) is 24.4 Å². The first kappa shape index (κ1) is 21.5. The fourth-order valence-electron chi connectivity index (χ4n) is 5.53. The second kappa shape index (κ2) is 8.31. The van der Waals surface area contributed by atoms with E-state index < -0.39 is 6.04 Å². The number of H-pyrrole nitrogens is 1. The highest BCUT2D eigenvalue weighted by atomic mass is 16.5. The molecular formula is C29H27N3O3. The van der Waals surface area contributed by atoms with Crippen molar-refractivity contribution in [1.29, 1.82) is 0 Å². The Balaban J connectivity index is 1.45. The van der Waals surface area contributed by atoms with Gasteiger partial charge in [-0.25, -0.2) is 0 Å². The molecule has 4 aromatic rings. The van der Waals surface area contributed by atoms with Crippen LogP contribution in [0.25, 0.3) is 10.9 Å².